The summed E-state index contributed by atoms with van der Waals surface area (Å²) < 4.78 is 23.2. The summed E-state index contributed by atoms with van der Waals surface area (Å²) in [6.07, 6.45) is 53.1. The Morgan fingerprint density at radius 3 is 1.56 bits per heavy atom. The third kappa shape index (κ3) is 44.3. The lowest BCUT2D eigenvalue weighted by molar-refractivity contribution is -0.870. The highest BCUT2D eigenvalue weighted by atomic mass is 31.2. The summed E-state index contributed by atoms with van der Waals surface area (Å²) in [5.74, 6) is -0.208. The Hall–Kier alpha value is -1.54. The number of carbonyl (C=O) groups is 1. The first-order valence-electron chi connectivity index (χ1n) is 24.5. The number of hydrogen-bond donors (Lipinski definition) is 2. The van der Waals surface area contributed by atoms with Crippen LogP contribution in [0.3, 0.4) is 0 Å². The molecular formula is C50H95N2O6P. The number of nitrogens with one attached hydrogen (secondary N) is 1. The van der Waals surface area contributed by atoms with Gasteiger partial charge in [0.2, 0.25) is 5.91 Å². The van der Waals surface area contributed by atoms with Gasteiger partial charge in [0.1, 0.15) is 13.2 Å². The maximum atomic E-state index is 12.9. The second-order valence-corrected chi connectivity index (χ2v) is 19.2. The molecule has 0 aromatic rings. The largest absolute Gasteiger partial charge is 0.756 e. The SMILES string of the molecule is CC/C=C\C/C=C\CCCCCCCCCCCCCCCCC(=O)NC(COP(=O)([O-])OCC[N+](C)(C)C)C(O)/C=C/CC/C=C/CCCCCCCCCCCC. The van der Waals surface area contributed by atoms with Crippen molar-refractivity contribution < 1.29 is 32.9 Å². The molecule has 0 saturated heterocycles. The molecule has 0 saturated carbocycles. The number of aliphatic hydroxyl groups excluding tert-OH is 1. The van der Waals surface area contributed by atoms with E-state index in [-0.39, 0.29) is 12.5 Å². The number of allylic oxidation sites excluding steroid dienone is 7. The van der Waals surface area contributed by atoms with Crippen molar-refractivity contribution in [1.82, 2.24) is 5.32 Å². The lowest BCUT2D eigenvalue weighted by Gasteiger charge is -2.29. The number of nitrogens with zero attached hydrogens (tertiary/aromatic N) is 1. The molecule has 0 fully saturated rings. The van der Waals surface area contributed by atoms with Crippen molar-refractivity contribution in [2.75, 3.05) is 40.9 Å². The first kappa shape index (κ1) is 57.5. The molecule has 1 amide bonds. The third-order valence-electron chi connectivity index (χ3n) is 10.8. The molecule has 9 heteroatoms. The Kier molecular flexibility index (Phi) is 40.7. The molecule has 59 heavy (non-hydrogen) atoms. The fourth-order valence-electron chi connectivity index (χ4n) is 6.91. The van der Waals surface area contributed by atoms with Crippen molar-refractivity contribution >= 4 is 13.7 Å². The zero-order chi connectivity index (χ0) is 43.6. The van der Waals surface area contributed by atoms with Gasteiger partial charge in [0, 0.05) is 6.42 Å². The van der Waals surface area contributed by atoms with Crippen molar-refractivity contribution in [2.24, 2.45) is 0 Å². The van der Waals surface area contributed by atoms with Gasteiger partial charge in [-0.1, -0.05) is 197 Å². The zero-order valence-corrected chi connectivity index (χ0v) is 40.1. The molecule has 0 heterocycles. The second-order valence-electron chi connectivity index (χ2n) is 17.8. The van der Waals surface area contributed by atoms with Crippen molar-refractivity contribution in [3.8, 4) is 0 Å². The molecule has 0 aromatic carbocycles. The molecule has 0 aliphatic heterocycles. The first-order chi connectivity index (χ1) is 28.5. The topological polar surface area (TPSA) is 108 Å². The van der Waals surface area contributed by atoms with Crippen LogP contribution in [0.1, 0.15) is 213 Å². The molecule has 346 valence electrons. The van der Waals surface area contributed by atoms with Crippen LogP contribution in [0.25, 0.3) is 0 Å². The molecule has 3 atom stereocenters. The van der Waals surface area contributed by atoms with Gasteiger partial charge < -0.3 is 28.8 Å². The number of rotatable bonds is 44. The normalized spacial score (nSPS) is 14.6. The minimum absolute atomic E-state index is 0.00679. The van der Waals surface area contributed by atoms with Gasteiger partial charge in [-0.2, -0.15) is 0 Å². The van der Waals surface area contributed by atoms with E-state index in [9.17, 15) is 19.4 Å². The van der Waals surface area contributed by atoms with Crippen molar-refractivity contribution in [2.45, 2.75) is 225 Å². The van der Waals surface area contributed by atoms with Crippen LogP contribution < -0.4 is 10.2 Å². The summed E-state index contributed by atoms with van der Waals surface area (Å²) in [4.78, 5) is 25.4. The van der Waals surface area contributed by atoms with Gasteiger partial charge in [-0.05, 0) is 57.8 Å². The Bertz CT molecular complexity index is 1100. The summed E-state index contributed by atoms with van der Waals surface area (Å²) in [6.45, 7) is 4.53. The quantitative estimate of drug-likeness (QED) is 0.0274. The van der Waals surface area contributed by atoms with E-state index in [0.29, 0.717) is 17.4 Å². The zero-order valence-electron chi connectivity index (χ0n) is 39.2. The average molecular weight is 851 g/mol. The maximum absolute atomic E-state index is 12.9. The minimum Gasteiger partial charge on any atom is -0.756 e. The smallest absolute Gasteiger partial charge is 0.268 e. The number of aliphatic hydroxyl groups is 1. The van der Waals surface area contributed by atoms with E-state index in [1.165, 1.54) is 141 Å². The summed E-state index contributed by atoms with van der Waals surface area (Å²) in [5, 5.41) is 13.8. The van der Waals surface area contributed by atoms with Gasteiger partial charge >= 0.3 is 0 Å². The van der Waals surface area contributed by atoms with E-state index < -0.39 is 26.6 Å². The fraction of sp³-hybridized carbons (Fsp3) is 0.820. The van der Waals surface area contributed by atoms with Gasteiger partial charge in [-0.15, -0.1) is 0 Å². The summed E-state index contributed by atoms with van der Waals surface area (Å²) in [7, 11) is 1.24. The van der Waals surface area contributed by atoms with Gasteiger partial charge in [-0.3, -0.25) is 9.36 Å². The van der Waals surface area contributed by atoms with Crippen LogP contribution in [-0.2, 0) is 18.4 Å². The van der Waals surface area contributed by atoms with Crippen LogP contribution in [0.2, 0.25) is 0 Å². The lowest BCUT2D eigenvalue weighted by atomic mass is 10.0. The molecular weight excluding hydrogens is 756 g/mol. The van der Waals surface area contributed by atoms with Crippen molar-refractivity contribution in [3.63, 3.8) is 0 Å². The minimum atomic E-state index is -4.60. The molecule has 0 aromatic heterocycles. The molecule has 8 nitrogen and oxygen atoms in total. The molecule has 0 rings (SSSR count). The summed E-state index contributed by atoms with van der Waals surface area (Å²) in [5.41, 5.74) is 0. The van der Waals surface area contributed by atoms with Crippen LogP contribution in [0, 0.1) is 0 Å². The highest BCUT2D eigenvalue weighted by Gasteiger charge is 2.23. The van der Waals surface area contributed by atoms with E-state index in [1.54, 1.807) is 6.08 Å². The van der Waals surface area contributed by atoms with Gasteiger partial charge in [0.05, 0.1) is 39.9 Å². The Morgan fingerprint density at radius 1 is 0.610 bits per heavy atom. The number of quaternary nitrogens is 1. The average Bonchev–Trinajstić information content (AvgIpc) is 3.19. The standard InChI is InChI=1S/C50H95N2O6P/c1-6-8-10-12-14-16-18-20-22-24-25-26-27-28-30-32-34-36-38-40-42-44-50(54)51-48(47-58-59(55,56)57-46-45-52(3,4)5)49(53)43-41-39-37-35-33-31-29-23-21-19-17-15-13-11-9-7-2/h8,10,14,16,33,35,41,43,48-49,53H,6-7,9,11-13,15,17-32,34,36-40,42,44-47H2,1-5H3,(H-,51,54,55,56)/b10-8-,16-14-,35-33+,43-41+. The lowest BCUT2D eigenvalue weighted by Crippen LogP contribution is -2.45. The van der Waals surface area contributed by atoms with Gasteiger partial charge in [0.25, 0.3) is 7.82 Å². The van der Waals surface area contributed by atoms with Crippen LogP contribution in [0.4, 0.5) is 0 Å². The highest BCUT2D eigenvalue weighted by Crippen LogP contribution is 2.38. The molecule has 0 spiro atoms. The number of phosphoric ester groups is 1. The number of unbranched alkanes of at least 4 members (excludes halogenated alkanes) is 25. The molecule has 0 radical (unpaired) electrons. The van der Waals surface area contributed by atoms with Crippen LogP contribution in [0.5, 0.6) is 0 Å². The Morgan fingerprint density at radius 2 is 1.05 bits per heavy atom. The first-order valence-corrected chi connectivity index (χ1v) is 26.0. The second kappa shape index (κ2) is 41.8. The van der Waals surface area contributed by atoms with E-state index in [1.807, 2.05) is 27.2 Å². The molecule has 0 bridgehead atoms. The fourth-order valence-corrected chi connectivity index (χ4v) is 7.64. The monoisotopic (exact) mass is 851 g/mol. The van der Waals surface area contributed by atoms with Crippen molar-refractivity contribution in [3.05, 3.63) is 48.6 Å². The Balaban J connectivity index is 4.34. The van der Waals surface area contributed by atoms with Crippen LogP contribution in [0.15, 0.2) is 48.6 Å². The molecule has 0 aliphatic carbocycles. The summed E-state index contributed by atoms with van der Waals surface area (Å²) in [6, 6.07) is -0.903. The van der Waals surface area contributed by atoms with E-state index in [0.717, 1.165) is 51.4 Å². The number of likely N-dealkylation sites (N-methyl/N-ethyl adjacent to an activating group) is 1. The van der Waals surface area contributed by atoms with Crippen LogP contribution in [-0.4, -0.2) is 68.5 Å². The third-order valence-corrected chi connectivity index (χ3v) is 11.7. The predicted molar refractivity (Wildman–Crippen MR) is 251 cm³/mol. The van der Waals surface area contributed by atoms with E-state index in [2.05, 4.69) is 55.6 Å². The number of amides is 1. The predicted octanol–water partition coefficient (Wildman–Crippen LogP) is 13.4. The van der Waals surface area contributed by atoms with Gasteiger partial charge in [-0.25, -0.2) is 0 Å². The maximum Gasteiger partial charge on any atom is 0.268 e. The number of hydrogen-bond acceptors (Lipinski definition) is 6. The van der Waals surface area contributed by atoms with E-state index >= 15 is 0 Å². The molecule has 2 N–H and O–H groups in total. The molecule has 0 aliphatic rings. The Labute approximate surface area is 365 Å². The van der Waals surface area contributed by atoms with Crippen LogP contribution >= 0.6 is 7.82 Å². The van der Waals surface area contributed by atoms with Crippen molar-refractivity contribution in [1.29, 1.82) is 0 Å². The molecule has 3 unspecified atom stereocenters. The highest BCUT2D eigenvalue weighted by molar-refractivity contribution is 7.45. The van der Waals surface area contributed by atoms with E-state index in [4.69, 9.17) is 9.05 Å². The van der Waals surface area contributed by atoms with Gasteiger partial charge in [0.15, 0.2) is 0 Å². The summed E-state index contributed by atoms with van der Waals surface area (Å²) >= 11 is 0. The number of carbonyl (C=O) groups excluding carboxylic acids is 1. The number of phosphoric acid groups is 1.